The molecule has 0 bridgehead atoms. The molecule has 0 aliphatic carbocycles. The van der Waals surface area contributed by atoms with Crippen molar-refractivity contribution in [1.29, 1.82) is 0 Å². The second-order valence-electron chi connectivity index (χ2n) is 4.05. The van der Waals surface area contributed by atoms with Gasteiger partial charge in [0.2, 0.25) is 0 Å². The van der Waals surface area contributed by atoms with Crippen LogP contribution in [-0.4, -0.2) is 9.13 Å². The van der Waals surface area contributed by atoms with E-state index in [9.17, 15) is 4.79 Å². The summed E-state index contributed by atoms with van der Waals surface area (Å²) in [7, 11) is 0. The van der Waals surface area contributed by atoms with Gasteiger partial charge in [0.25, 0.3) is 0 Å². The van der Waals surface area contributed by atoms with E-state index in [0.29, 0.717) is 5.02 Å². The molecule has 0 saturated heterocycles. The summed E-state index contributed by atoms with van der Waals surface area (Å²) < 4.78 is 3.41. The van der Waals surface area contributed by atoms with Crippen LogP contribution in [0.2, 0.25) is 5.02 Å². The number of rotatable bonds is 3. The average molecular weight is 251 g/mol. The fourth-order valence-electron chi connectivity index (χ4n) is 1.90. The fourth-order valence-corrected chi connectivity index (χ4v) is 2.08. The number of nitrogens with zero attached hydrogens (tertiary/aromatic N) is 2. The van der Waals surface area contributed by atoms with E-state index in [1.807, 2.05) is 25.3 Å². The molecule has 3 nitrogen and oxygen atoms in total. The Bertz CT molecular complexity index is 583. The van der Waals surface area contributed by atoms with E-state index in [0.717, 1.165) is 24.3 Å². The first-order chi connectivity index (χ1) is 8.13. The molecular formula is C13H15ClN2O. The molecule has 0 atom stereocenters. The predicted octanol–water partition coefficient (Wildman–Crippen LogP) is 3.01. The van der Waals surface area contributed by atoms with Crippen molar-refractivity contribution < 1.29 is 0 Å². The van der Waals surface area contributed by atoms with Crippen molar-refractivity contribution in [3.63, 3.8) is 0 Å². The first-order valence-corrected chi connectivity index (χ1v) is 6.06. The molecule has 1 aromatic heterocycles. The Morgan fingerprint density at radius 3 is 2.76 bits per heavy atom. The van der Waals surface area contributed by atoms with Crippen LogP contribution in [0.1, 0.15) is 19.0 Å². The van der Waals surface area contributed by atoms with E-state index in [1.165, 1.54) is 0 Å². The summed E-state index contributed by atoms with van der Waals surface area (Å²) >= 11 is 5.93. The lowest BCUT2D eigenvalue weighted by Gasteiger charge is -2.02. The van der Waals surface area contributed by atoms with Crippen molar-refractivity contribution in [2.24, 2.45) is 0 Å². The van der Waals surface area contributed by atoms with Gasteiger partial charge < -0.3 is 0 Å². The van der Waals surface area contributed by atoms with Gasteiger partial charge in [-0.1, -0.05) is 24.6 Å². The zero-order chi connectivity index (χ0) is 12.4. The van der Waals surface area contributed by atoms with Gasteiger partial charge in [-0.05, 0) is 31.5 Å². The van der Waals surface area contributed by atoms with Gasteiger partial charge in [-0.2, -0.15) is 0 Å². The molecule has 0 unspecified atom stereocenters. The maximum Gasteiger partial charge on any atom is 0.332 e. The van der Waals surface area contributed by atoms with Crippen molar-refractivity contribution in [1.82, 2.24) is 9.13 Å². The van der Waals surface area contributed by atoms with Gasteiger partial charge in [-0.25, -0.2) is 4.79 Å². The van der Waals surface area contributed by atoms with E-state index < -0.39 is 0 Å². The normalized spacial score (nSPS) is 10.8. The van der Waals surface area contributed by atoms with E-state index in [-0.39, 0.29) is 5.69 Å². The Morgan fingerprint density at radius 1 is 1.35 bits per heavy atom. The molecule has 2 aromatic rings. The highest BCUT2D eigenvalue weighted by atomic mass is 35.5. The first kappa shape index (κ1) is 12.0. The van der Waals surface area contributed by atoms with E-state index in [2.05, 4.69) is 6.92 Å². The Hall–Kier alpha value is -1.48. The third-order valence-electron chi connectivity index (χ3n) is 2.71. The third-order valence-corrected chi connectivity index (χ3v) is 2.95. The summed E-state index contributed by atoms with van der Waals surface area (Å²) in [6.45, 7) is 4.75. The van der Waals surface area contributed by atoms with Crippen LogP contribution >= 0.6 is 11.6 Å². The minimum Gasteiger partial charge on any atom is -0.296 e. The first-order valence-electron chi connectivity index (χ1n) is 5.68. The predicted molar refractivity (Wildman–Crippen MR) is 70.1 cm³/mol. The maximum atomic E-state index is 12.2. The second kappa shape index (κ2) is 4.80. The largest absolute Gasteiger partial charge is 0.332 e. The molecule has 17 heavy (non-hydrogen) atoms. The molecule has 0 aliphatic heterocycles. The zero-order valence-electron chi connectivity index (χ0n) is 9.98. The van der Waals surface area contributed by atoms with Crippen LogP contribution in [0.3, 0.4) is 0 Å². The molecular weight excluding hydrogens is 236 g/mol. The second-order valence-corrected chi connectivity index (χ2v) is 4.49. The highest BCUT2D eigenvalue weighted by molar-refractivity contribution is 6.30. The van der Waals surface area contributed by atoms with Crippen LogP contribution in [0, 0.1) is 6.92 Å². The number of hydrogen-bond acceptors (Lipinski definition) is 1. The third kappa shape index (κ3) is 2.29. The molecule has 0 radical (unpaired) electrons. The lowest BCUT2D eigenvalue weighted by Crippen LogP contribution is -2.23. The quantitative estimate of drug-likeness (QED) is 0.823. The summed E-state index contributed by atoms with van der Waals surface area (Å²) in [5.74, 6) is 0. The summed E-state index contributed by atoms with van der Waals surface area (Å²) in [4.78, 5) is 12.2. The van der Waals surface area contributed by atoms with E-state index >= 15 is 0 Å². The van der Waals surface area contributed by atoms with Crippen LogP contribution in [0.25, 0.3) is 5.69 Å². The molecule has 90 valence electrons. The van der Waals surface area contributed by atoms with Gasteiger partial charge in [0, 0.05) is 23.5 Å². The van der Waals surface area contributed by atoms with E-state index in [4.69, 9.17) is 11.6 Å². The molecule has 0 spiro atoms. The Kier molecular flexibility index (Phi) is 3.38. The molecule has 4 heteroatoms. The van der Waals surface area contributed by atoms with Crippen LogP contribution in [0.5, 0.6) is 0 Å². The highest BCUT2D eigenvalue weighted by Crippen LogP contribution is 2.14. The molecule has 0 amide bonds. The molecule has 1 aromatic carbocycles. The minimum atomic E-state index is -0.00776. The molecule has 0 N–H and O–H groups in total. The number of aromatic nitrogens is 2. The van der Waals surface area contributed by atoms with Gasteiger partial charge in [-0.3, -0.25) is 9.13 Å². The van der Waals surface area contributed by atoms with Crippen molar-refractivity contribution in [3.05, 3.63) is 51.7 Å². The maximum absolute atomic E-state index is 12.2. The van der Waals surface area contributed by atoms with Gasteiger partial charge >= 0.3 is 5.69 Å². The van der Waals surface area contributed by atoms with Gasteiger partial charge in [-0.15, -0.1) is 0 Å². The van der Waals surface area contributed by atoms with Crippen molar-refractivity contribution >= 4 is 11.6 Å². The number of benzene rings is 1. The summed E-state index contributed by atoms with van der Waals surface area (Å²) in [6, 6.07) is 7.31. The van der Waals surface area contributed by atoms with Crippen LogP contribution in [-0.2, 0) is 6.54 Å². The summed E-state index contributed by atoms with van der Waals surface area (Å²) in [5, 5.41) is 0.635. The van der Waals surface area contributed by atoms with Crippen molar-refractivity contribution in [2.45, 2.75) is 26.8 Å². The molecule has 0 saturated carbocycles. The van der Waals surface area contributed by atoms with Crippen molar-refractivity contribution in [2.75, 3.05) is 0 Å². The lowest BCUT2D eigenvalue weighted by molar-refractivity contribution is 0.633. The Labute approximate surface area is 105 Å². The summed E-state index contributed by atoms with van der Waals surface area (Å²) in [5.41, 5.74) is 1.77. The molecule has 0 aliphatic rings. The number of aryl methyl sites for hydroxylation is 1. The van der Waals surface area contributed by atoms with Gasteiger partial charge in [0.15, 0.2) is 0 Å². The smallest absolute Gasteiger partial charge is 0.296 e. The molecule has 2 rings (SSSR count). The average Bonchev–Trinajstić information content (AvgIpc) is 2.57. The summed E-state index contributed by atoms with van der Waals surface area (Å²) in [6.07, 6.45) is 2.80. The standard InChI is InChI=1S/C13H15ClN2O/c1-3-7-15-10(2)9-16(13(15)17)12-6-4-5-11(14)8-12/h4-6,8-9H,3,7H2,1-2H3. The highest BCUT2D eigenvalue weighted by Gasteiger charge is 2.08. The monoisotopic (exact) mass is 250 g/mol. The van der Waals surface area contributed by atoms with E-state index in [1.54, 1.807) is 21.3 Å². The topological polar surface area (TPSA) is 26.9 Å². The fraction of sp³-hybridized carbons (Fsp3) is 0.308. The SMILES string of the molecule is CCCn1c(C)cn(-c2cccc(Cl)c2)c1=O. The number of halogens is 1. The van der Waals surface area contributed by atoms with Crippen LogP contribution < -0.4 is 5.69 Å². The van der Waals surface area contributed by atoms with Gasteiger partial charge in [0.05, 0.1) is 5.69 Å². The molecule has 1 heterocycles. The van der Waals surface area contributed by atoms with Crippen LogP contribution in [0.4, 0.5) is 0 Å². The van der Waals surface area contributed by atoms with Crippen LogP contribution in [0.15, 0.2) is 35.3 Å². The molecule has 0 fully saturated rings. The lowest BCUT2D eigenvalue weighted by atomic mass is 10.3. The Morgan fingerprint density at radius 2 is 2.12 bits per heavy atom. The minimum absolute atomic E-state index is 0.00776. The zero-order valence-corrected chi connectivity index (χ0v) is 10.7. The van der Waals surface area contributed by atoms with Gasteiger partial charge in [0.1, 0.15) is 0 Å². The number of imidazole rings is 1. The van der Waals surface area contributed by atoms with Crippen molar-refractivity contribution in [3.8, 4) is 5.69 Å². The Balaban J connectivity index is 2.54. The number of hydrogen-bond donors (Lipinski definition) is 0.